The molecule has 0 saturated heterocycles. The lowest BCUT2D eigenvalue weighted by Gasteiger charge is -2.01. The van der Waals surface area contributed by atoms with Crippen molar-refractivity contribution in [3.05, 3.63) is 41.7 Å². The number of ether oxygens (including phenoxy) is 1. The zero-order valence-electron chi connectivity index (χ0n) is 9.83. The lowest BCUT2D eigenvalue weighted by Crippen LogP contribution is -2.02. The molecule has 0 N–H and O–H groups in total. The van der Waals surface area contributed by atoms with Crippen LogP contribution >= 0.6 is 0 Å². The lowest BCUT2D eigenvalue weighted by atomic mass is 10.2. The minimum absolute atomic E-state index is 0.367. The Kier molecular flexibility index (Phi) is 3.39. The van der Waals surface area contributed by atoms with Gasteiger partial charge in [-0.15, -0.1) is 17.4 Å². The second-order valence-corrected chi connectivity index (χ2v) is 3.57. The number of hydrogen-bond donors (Lipinski definition) is 0. The molecule has 5 heteroatoms. The van der Waals surface area contributed by atoms with Gasteiger partial charge in [0.05, 0.1) is 36.7 Å². The van der Waals surface area contributed by atoms with Gasteiger partial charge in [-0.25, -0.2) is 9.48 Å². The van der Waals surface area contributed by atoms with Gasteiger partial charge >= 0.3 is 5.97 Å². The summed E-state index contributed by atoms with van der Waals surface area (Å²) in [6.45, 7) is 0. The first-order valence-corrected chi connectivity index (χ1v) is 5.28. The van der Waals surface area contributed by atoms with Crippen LogP contribution in [0.1, 0.15) is 16.1 Å². The SMILES string of the molecule is C#CCc1cn(-c2ccc(C(=O)OC)cc2)nn1. The smallest absolute Gasteiger partial charge is 0.337 e. The van der Waals surface area contributed by atoms with Crippen LogP contribution in [0.2, 0.25) is 0 Å². The van der Waals surface area contributed by atoms with Crippen LogP contribution in [-0.2, 0) is 11.2 Å². The number of terminal acetylenes is 1. The summed E-state index contributed by atoms with van der Waals surface area (Å²) in [7, 11) is 1.35. The Hall–Kier alpha value is -2.61. The maximum atomic E-state index is 11.3. The first kappa shape index (κ1) is 11.9. The number of hydrogen-bond acceptors (Lipinski definition) is 4. The van der Waals surface area contributed by atoms with E-state index in [2.05, 4.69) is 21.0 Å². The first-order valence-electron chi connectivity index (χ1n) is 5.28. The van der Waals surface area contributed by atoms with E-state index < -0.39 is 0 Å². The molecule has 5 nitrogen and oxygen atoms in total. The van der Waals surface area contributed by atoms with Crippen molar-refractivity contribution in [1.82, 2.24) is 15.0 Å². The number of nitrogens with zero attached hydrogens (tertiary/aromatic N) is 3. The fourth-order valence-electron chi connectivity index (χ4n) is 1.48. The average molecular weight is 241 g/mol. The first-order chi connectivity index (χ1) is 8.74. The highest BCUT2D eigenvalue weighted by Gasteiger charge is 2.06. The summed E-state index contributed by atoms with van der Waals surface area (Å²) in [6, 6.07) is 6.87. The third kappa shape index (κ3) is 2.38. The molecule has 0 aliphatic carbocycles. The molecule has 0 atom stereocenters. The van der Waals surface area contributed by atoms with Crippen LogP contribution in [-0.4, -0.2) is 28.1 Å². The molecule has 1 heterocycles. The maximum absolute atomic E-state index is 11.3. The zero-order valence-corrected chi connectivity index (χ0v) is 9.83. The monoisotopic (exact) mass is 241 g/mol. The minimum Gasteiger partial charge on any atom is -0.465 e. The van der Waals surface area contributed by atoms with E-state index in [-0.39, 0.29) is 5.97 Å². The fraction of sp³-hybridized carbons (Fsp3) is 0.154. The topological polar surface area (TPSA) is 57.0 Å². The Labute approximate surface area is 104 Å². The standard InChI is InChI=1S/C13H11N3O2/c1-3-4-11-9-16(15-14-11)12-7-5-10(6-8-12)13(17)18-2/h1,5-9H,4H2,2H3. The largest absolute Gasteiger partial charge is 0.465 e. The molecule has 0 aliphatic heterocycles. The van der Waals surface area contributed by atoms with E-state index in [1.54, 1.807) is 35.1 Å². The third-order valence-corrected chi connectivity index (χ3v) is 2.38. The predicted octanol–water partition coefficient (Wildman–Crippen LogP) is 1.23. The van der Waals surface area contributed by atoms with Crippen LogP contribution in [0.5, 0.6) is 0 Å². The number of rotatable bonds is 3. The number of esters is 1. The van der Waals surface area contributed by atoms with E-state index >= 15 is 0 Å². The molecule has 0 spiro atoms. The number of carbonyl (C=O) groups excluding carboxylic acids is 1. The van der Waals surface area contributed by atoms with Gasteiger partial charge < -0.3 is 4.74 Å². The second kappa shape index (κ2) is 5.15. The summed E-state index contributed by atoms with van der Waals surface area (Å²) in [5, 5.41) is 7.89. The molecule has 90 valence electrons. The second-order valence-electron chi connectivity index (χ2n) is 3.57. The Bertz CT molecular complexity index is 593. The number of aromatic nitrogens is 3. The highest BCUT2D eigenvalue weighted by Crippen LogP contribution is 2.10. The van der Waals surface area contributed by atoms with Gasteiger partial charge in [-0.1, -0.05) is 5.21 Å². The average Bonchev–Trinajstić information content (AvgIpc) is 2.87. The molecule has 0 aliphatic rings. The van der Waals surface area contributed by atoms with Crippen LogP contribution in [0, 0.1) is 12.3 Å². The molecule has 2 aromatic rings. The Morgan fingerprint density at radius 3 is 2.78 bits per heavy atom. The van der Waals surface area contributed by atoms with Gasteiger partial charge in [0, 0.05) is 0 Å². The van der Waals surface area contributed by atoms with Gasteiger partial charge in [0.2, 0.25) is 0 Å². The molecule has 1 aromatic carbocycles. The Morgan fingerprint density at radius 2 is 2.17 bits per heavy atom. The van der Waals surface area contributed by atoms with Gasteiger partial charge in [-0.05, 0) is 24.3 Å². The summed E-state index contributed by atoms with van der Waals surface area (Å²) in [6.07, 6.45) is 7.40. The van der Waals surface area contributed by atoms with Crippen molar-refractivity contribution in [2.45, 2.75) is 6.42 Å². The summed E-state index contributed by atoms with van der Waals surface area (Å²) in [5.41, 5.74) is 2.03. The van der Waals surface area contributed by atoms with Gasteiger partial charge in [0.1, 0.15) is 0 Å². The molecule has 0 bridgehead atoms. The van der Waals surface area contributed by atoms with E-state index in [1.165, 1.54) is 7.11 Å². The molecule has 1 aromatic heterocycles. The zero-order chi connectivity index (χ0) is 13.0. The van der Waals surface area contributed by atoms with E-state index in [0.717, 1.165) is 11.4 Å². The number of methoxy groups -OCH3 is 1. The maximum Gasteiger partial charge on any atom is 0.337 e. The Balaban J connectivity index is 2.23. The van der Waals surface area contributed by atoms with E-state index in [1.807, 2.05) is 0 Å². The van der Waals surface area contributed by atoms with Crippen LogP contribution in [0.15, 0.2) is 30.5 Å². The fourth-order valence-corrected chi connectivity index (χ4v) is 1.48. The summed E-state index contributed by atoms with van der Waals surface area (Å²) in [4.78, 5) is 11.3. The quantitative estimate of drug-likeness (QED) is 0.599. The normalized spacial score (nSPS) is 9.78. The molecular formula is C13H11N3O2. The summed E-state index contributed by atoms with van der Waals surface area (Å²) < 4.78 is 6.23. The molecule has 0 radical (unpaired) electrons. The van der Waals surface area contributed by atoms with Crippen molar-refractivity contribution in [1.29, 1.82) is 0 Å². The number of carbonyl (C=O) groups is 1. The molecule has 0 saturated carbocycles. The van der Waals surface area contributed by atoms with Crippen LogP contribution in [0.25, 0.3) is 5.69 Å². The Morgan fingerprint density at radius 1 is 1.44 bits per heavy atom. The summed E-state index contributed by atoms with van der Waals surface area (Å²) >= 11 is 0. The minimum atomic E-state index is -0.367. The molecule has 0 amide bonds. The van der Waals surface area contributed by atoms with Crippen molar-refractivity contribution >= 4 is 5.97 Å². The predicted molar refractivity (Wildman–Crippen MR) is 65.2 cm³/mol. The van der Waals surface area contributed by atoms with Crippen molar-refractivity contribution in [2.24, 2.45) is 0 Å². The lowest BCUT2D eigenvalue weighted by molar-refractivity contribution is 0.0601. The molecule has 0 fully saturated rings. The van der Waals surface area contributed by atoms with Crippen LogP contribution in [0.3, 0.4) is 0 Å². The van der Waals surface area contributed by atoms with Crippen molar-refractivity contribution < 1.29 is 9.53 Å². The van der Waals surface area contributed by atoms with E-state index in [0.29, 0.717) is 12.0 Å². The van der Waals surface area contributed by atoms with Gasteiger partial charge in [-0.2, -0.15) is 0 Å². The molecule has 2 rings (SSSR count). The van der Waals surface area contributed by atoms with Crippen LogP contribution in [0.4, 0.5) is 0 Å². The number of benzene rings is 1. The van der Waals surface area contributed by atoms with Crippen LogP contribution < -0.4 is 0 Å². The van der Waals surface area contributed by atoms with Crippen molar-refractivity contribution in [2.75, 3.05) is 7.11 Å². The van der Waals surface area contributed by atoms with Gasteiger partial charge in [0.25, 0.3) is 0 Å². The van der Waals surface area contributed by atoms with Gasteiger partial charge in [-0.3, -0.25) is 0 Å². The highest BCUT2D eigenvalue weighted by atomic mass is 16.5. The molecular weight excluding hydrogens is 230 g/mol. The summed E-state index contributed by atoms with van der Waals surface area (Å²) in [5.74, 6) is 2.14. The third-order valence-electron chi connectivity index (χ3n) is 2.38. The van der Waals surface area contributed by atoms with E-state index in [4.69, 9.17) is 6.42 Å². The van der Waals surface area contributed by atoms with Gasteiger partial charge in [0.15, 0.2) is 0 Å². The molecule has 0 unspecified atom stereocenters. The van der Waals surface area contributed by atoms with Crippen molar-refractivity contribution in [3.63, 3.8) is 0 Å². The van der Waals surface area contributed by atoms with E-state index in [9.17, 15) is 4.79 Å². The molecule has 18 heavy (non-hydrogen) atoms. The highest BCUT2D eigenvalue weighted by molar-refractivity contribution is 5.89. The van der Waals surface area contributed by atoms with Crippen molar-refractivity contribution in [3.8, 4) is 18.0 Å².